The number of benzene rings is 1. The molecular formula is C20H23N7. The van der Waals surface area contributed by atoms with E-state index in [-0.39, 0.29) is 5.41 Å². The maximum absolute atomic E-state index is 9.45. The predicted molar refractivity (Wildman–Crippen MR) is 106 cm³/mol. The number of allylic oxidation sites excluding steroid dienone is 1. The number of nitrogens with zero attached hydrogens (tertiary/aromatic N) is 7. The summed E-state index contributed by atoms with van der Waals surface area (Å²) < 4.78 is 1.30. The molecule has 138 valence electrons. The third-order valence-electron chi connectivity index (χ3n) is 4.87. The standard InChI is InChI=1S/C20H23N7/c1-13(2)25-10-16-17(18-19(20(3,4)5)27(11-21)24-23-18)22-12-26(16)15-9-7-6-8-14(15)25/h6-10,13H,12H2,1-5H3. The SMILES string of the molecule is CC(C)N1C=C2C(c3nnn(C#N)c3C(C)(C)C)=NCN2c2ccccc21. The topological polar surface area (TPSA) is 73.3 Å². The maximum atomic E-state index is 9.45. The van der Waals surface area contributed by atoms with Gasteiger partial charge in [-0.05, 0) is 26.0 Å². The lowest BCUT2D eigenvalue weighted by atomic mass is 9.89. The Morgan fingerprint density at radius 1 is 1.15 bits per heavy atom. The molecule has 0 saturated heterocycles. The van der Waals surface area contributed by atoms with Gasteiger partial charge in [-0.3, -0.25) is 4.99 Å². The molecule has 0 aliphatic carbocycles. The molecule has 27 heavy (non-hydrogen) atoms. The smallest absolute Gasteiger partial charge is 0.208 e. The Kier molecular flexibility index (Phi) is 3.81. The highest BCUT2D eigenvalue weighted by Crippen LogP contribution is 2.41. The largest absolute Gasteiger partial charge is 0.342 e. The summed E-state index contributed by atoms with van der Waals surface area (Å²) in [6, 6.07) is 8.66. The highest BCUT2D eigenvalue weighted by atomic mass is 15.4. The Balaban J connectivity index is 1.86. The first kappa shape index (κ1) is 17.3. The van der Waals surface area contributed by atoms with Gasteiger partial charge in [0.1, 0.15) is 18.1 Å². The Hall–Kier alpha value is -3.14. The summed E-state index contributed by atoms with van der Waals surface area (Å²) in [5.41, 5.74) is 5.27. The third kappa shape index (κ3) is 2.60. The lowest BCUT2D eigenvalue weighted by molar-refractivity contribution is 0.544. The van der Waals surface area contributed by atoms with Crippen LogP contribution in [0.1, 0.15) is 46.0 Å². The molecule has 1 aromatic carbocycles. The maximum Gasteiger partial charge on any atom is 0.208 e. The third-order valence-corrected chi connectivity index (χ3v) is 4.87. The van der Waals surface area contributed by atoms with E-state index >= 15 is 0 Å². The minimum absolute atomic E-state index is 0.282. The van der Waals surface area contributed by atoms with Gasteiger partial charge in [0, 0.05) is 17.7 Å². The van der Waals surface area contributed by atoms with Gasteiger partial charge in [0.25, 0.3) is 0 Å². The van der Waals surface area contributed by atoms with E-state index in [1.54, 1.807) is 0 Å². The van der Waals surface area contributed by atoms with Crippen molar-refractivity contribution in [2.24, 2.45) is 4.99 Å². The fraction of sp³-hybridized carbons (Fsp3) is 0.400. The van der Waals surface area contributed by atoms with Crippen LogP contribution in [0.5, 0.6) is 0 Å². The zero-order valence-corrected chi connectivity index (χ0v) is 16.3. The summed E-state index contributed by atoms with van der Waals surface area (Å²) in [5, 5.41) is 17.8. The molecule has 0 spiro atoms. The second kappa shape index (κ2) is 5.95. The molecule has 0 amide bonds. The van der Waals surface area contributed by atoms with Crippen LogP contribution < -0.4 is 9.80 Å². The Labute approximate surface area is 159 Å². The second-order valence-corrected chi connectivity index (χ2v) is 8.13. The summed E-state index contributed by atoms with van der Waals surface area (Å²) in [6.45, 7) is 11.0. The van der Waals surface area contributed by atoms with Crippen LogP contribution in [0, 0.1) is 11.5 Å². The van der Waals surface area contributed by atoms with Crippen molar-refractivity contribution in [3.63, 3.8) is 0 Å². The molecule has 0 fully saturated rings. The van der Waals surface area contributed by atoms with Crippen molar-refractivity contribution < 1.29 is 0 Å². The van der Waals surface area contributed by atoms with Crippen LogP contribution in [-0.2, 0) is 5.41 Å². The van der Waals surface area contributed by atoms with Crippen LogP contribution in [0.4, 0.5) is 11.4 Å². The van der Waals surface area contributed by atoms with Gasteiger partial charge in [-0.15, -0.1) is 9.78 Å². The van der Waals surface area contributed by atoms with Crippen molar-refractivity contribution in [1.82, 2.24) is 15.0 Å². The van der Waals surface area contributed by atoms with Crippen LogP contribution in [0.25, 0.3) is 0 Å². The van der Waals surface area contributed by atoms with E-state index in [4.69, 9.17) is 4.99 Å². The van der Waals surface area contributed by atoms with Gasteiger partial charge in [-0.25, -0.2) is 0 Å². The first-order chi connectivity index (χ1) is 12.8. The monoisotopic (exact) mass is 361 g/mol. The van der Waals surface area contributed by atoms with E-state index in [1.165, 1.54) is 10.4 Å². The quantitative estimate of drug-likeness (QED) is 0.821. The van der Waals surface area contributed by atoms with Crippen LogP contribution in [0.3, 0.4) is 0 Å². The molecule has 0 N–H and O–H groups in total. The lowest BCUT2D eigenvalue weighted by Crippen LogP contribution is -2.35. The minimum atomic E-state index is -0.282. The van der Waals surface area contributed by atoms with E-state index in [1.807, 2.05) is 6.07 Å². The van der Waals surface area contributed by atoms with Gasteiger partial charge >= 0.3 is 0 Å². The van der Waals surface area contributed by atoms with Crippen LogP contribution in [0.15, 0.2) is 41.2 Å². The molecule has 2 aliphatic heterocycles. The number of aliphatic imine (C=N–C) groups is 1. The molecule has 7 nitrogen and oxygen atoms in total. The average Bonchev–Trinajstić information content (AvgIpc) is 3.24. The number of rotatable bonds is 2. The number of anilines is 2. The van der Waals surface area contributed by atoms with Crippen molar-refractivity contribution in [3.05, 3.63) is 47.6 Å². The molecule has 0 atom stereocenters. The molecule has 2 aliphatic rings. The molecule has 2 aromatic rings. The molecular weight excluding hydrogens is 338 g/mol. The normalized spacial score (nSPS) is 16.0. The van der Waals surface area contributed by atoms with Gasteiger partial charge in [-0.1, -0.05) is 38.1 Å². The highest BCUT2D eigenvalue weighted by molar-refractivity contribution is 6.17. The molecule has 0 radical (unpaired) electrons. The van der Waals surface area contributed by atoms with Crippen LogP contribution >= 0.6 is 0 Å². The van der Waals surface area contributed by atoms with Gasteiger partial charge in [0.15, 0.2) is 0 Å². The van der Waals surface area contributed by atoms with Crippen molar-refractivity contribution in [3.8, 4) is 6.19 Å². The molecule has 1 aromatic heterocycles. The van der Waals surface area contributed by atoms with E-state index in [0.717, 1.165) is 22.8 Å². The van der Waals surface area contributed by atoms with Crippen molar-refractivity contribution >= 4 is 17.1 Å². The number of aromatic nitrogens is 3. The van der Waals surface area contributed by atoms with E-state index < -0.39 is 0 Å². The number of nitriles is 1. The van der Waals surface area contributed by atoms with Gasteiger partial charge in [0.05, 0.1) is 22.8 Å². The highest BCUT2D eigenvalue weighted by Gasteiger charge is 2.37. The zero-order chi connectivity index (χ0) is 19.3. The summed E-state index contributed by atoms with van der Waals surface area (Å²) in [5.74, 6) is 0. The van der Waals surface area contributed by atoms with E-state index in [0.29, 0.717) is 18.4 Å². The Bertz CT molecular complexity index is 998. The predicted octanol–water partition coefficient (Wildman–Crippen LogP) is 3.24. The molecule has 3 heterocycles. The molecule has 7 heteroatoms. The first-order valence-electron chi connectivity index (χ1n) is 9.11. The number of hydrogen-bond acceptors (Lipinski definition) is 6. The fourth-order valence-corrected chi connectivity index (χ4v) is 3.68. The Morgan fingerprint density at radius 3 is 2.48 bits per heavy atom. The first-order valence-corrected chi connectivity index (χ1v) is 9.11. The number of fused-ring (bicyclic) bond motifs is 3. The van der Waals surface area contributed by atoms with Gasteiger partial charge in [0.2, 0.25) is 6.19 Å². The van der Waals surface area contributed by atoms with Crippen molar-refractivity contribution in [1.29, 1.82) is 5.26 Å². The van der Waals surface area contributed by atoms with Crippen LogP contribution in [0.2, 0.25) is 0 Å². The number of hydrogen-bond donors (Lipinski definition) is 0. The van der Waals surface area contributed by atoms with E-state index in [2.05, 4.69) is 85.3 Å². The molecule has 4 rings (SSSR count). The van der Waals surface area contributed by atoms with E-state index in [9.17, 15) is 5.26 Å². The summed E-state index contributed by atoms with van der Waals surface area (Å²) in [7, 11) is 0. The lowest BCUT2D eigenvalue weighted by Gasteiger charge is -2.36. The Morgan fingerprint density at radius 2 is 1.85 bits per heavy atom. The number of para-hydroxylation sites is 2. The molecule has 0 saturated carbocycles. The zero-order valence-electron chi connectivity index (χ0n) is 16.3. The van der Waals surface area contributed by atoms with Gasteiger partial charge < -0.3 is 9.80 Å². The van der Waals surface area contributed by atoms with Crippen LogP contribution in [-0.4, -0.2) is 33.4 Å². The minimum Gasteiger partial charge on any atom is -0.342 e. The molecule has 0 unspecified atom stereocenters. The summed E-state index contributed by atoms with van der Waals surface area (Å²) in [6.07, 6.45) is 4.24. The average molecular weight is 361 g/mol. The van der Waals surface area contributed by atoms with Crippen molar-refractivity contribution in [2.75, 3.05) is 16.5 Å². The summed E-state index contributed by atoms with van der Waals surface area (Å²) in [4.78, 5) is 9.24. The van der Waals surface area contributed by atoms with Crippen molar-refractivity contribution in [2.45, 2.75) is 46.1 Å². The fourth-order valence-electron chi connectivity index (χ4n) is 3.68. The summed E-state index contributed by atoms with van der Waals surface area (Å²) >= 11 is 0. The second-order valence-electron chi connectivity index (χ2n) is 8.13. The molecule has 0 bridgehead atoms. The van der Waals surface area contributed by atoms with Gasteiger partial charge in [-0.2, -0.15) is 5.26 Å².